The predicted octanol–water partition coefficient (Wildman–Crippen LogP) is 7.06. The second-order valence-electron chi connectivity index (χ2n) is 7.30. The van der Waals surface area contributed by atoms with E-state index in [0.29, 0.717) is 17.7 Å². The minimum Gasteiger partial charge on any atom is -0.508 e. The van der Waals surface area contributed by atoms with Crippen LogP contribution < -0.4 is 4.74 Å². The lowest BCUT2D eigenvalue weighted by Crippen LogP contribution is -2.02. The molecule has 1 aromatic carbocycles. The highest BCUT2D eigenvalue weighted by Gasteiger charge is 2.12. The van der Waals surface area contributed by atoms with Crippen molar-refractivity contribution in [1.29, 1.82) is 0 Å². The summed E-state index contributed by atoms with van der Waals surface area (Å²) in [5, 5.41) is 9.46. The zero-order chi connectivity index (χ0) is 19.0. The molecule has 0 amide bonds. The van der Waals surface area contributed by atoms with Crippen molar-refractivity contribution in [3.63, 3.8) is 0 Å². The quantitative estimate of drug-likeness (QED) is 0.253. The summed E-state index contributed by atoms with van der Waals surface area (Å²) >= 11 is 0. The molecule has 0 saturated carbocycles. The SMILES string of the molecule is CCCCCCCCCCCCCCCC(=O)c1ccc(O)cc1OC. The fourth-order valence-corrected chi connectivity index (χ4v) is 3.35. The third kappa shape index (κ3) is 9.84. The van der Waals surface area contributed by atoms with Crippen LogP contribution in [0.5, 0.6) is 11.5 Å². The Balaban J connectivity index is 2.00. The Morgan fingerprint density at radius 1 is 0.846 bits per heavy atom. The summed E-state index contributed by atoms with van der Waals surface area (Å²) in [6, 6.07) is 4.69. The van der Waals surface area contributed by atoms with Crippen LogP contribution in [0.2, 0.25) is 0 Å². The molecule has 1 N–H and O–H groups in total. The Morgan fingerprint density at radius 2 is 1.35 bits per heavy atom. The number of phenolic OH excluding ortho intramolecular Hbond substituents is 1. The highest BCUT2D eigenvalue weighted by molar-refractivity contribution is 5.98. The molecule has 0 radical (unpaired) electrons. The molecule has 0 spiro atoms. The van der Waals surface area contributed by atoms with Gasteiger partial charge in [-0.3, -0.25) is 4.79 Å². The molecule has 0 fully saturated rings. The van der Waals surface area contributed by atoms with E-state index in [9.17, 15) is 9.90 Å². The maximum atomic E-state index is 12.3. The van der Waals surface area contributed by atoms with Crippen LogP contribution in [0.15, 0.2) is 18.2 Å². The van der Waals surface area contributed by atoms with Gasteiger partial charge in [0.1, 0.15) is 11.5 Å². The number of hydrogen-bond acceptors (Lipinski definition) is 3. The number of aromatic hydroxyl groups is 1. The van der Waals surface area contributed by atoms with Gasteiger partial charge in [-0.15, -0.1) is 0 Å². The van der Waals surface area contributed by atoms with Crippen LogP contribution in [0.25, 0.3) is 0 Å². The maximum Gasteiger partial charge on any atom is 0.166 e. The molecule has 0 atom stereocenters. The van der Waals surface area contributed by atoms with Crippen LogP contribution in [0.4, 0.5) is 0 Å². The van der Waals surface area contributed by atoms with Crippen molar-refractivity contribution in [2.24, 2.45) is 0 Å². The lowest BCUT2D eigenvalue weighted by molar-refractivity contribution is 0.0976. The van der Waals surface area contributed by atoms with Gasteiger partial charge in [0, 0.05) is 12.5 Å². The third-order valence-corrected chi connectivity index (χ3v) is 4.99. The highest BCUT2D eigenvalue weighted by atomic mass is 16.5. The van der Waals surface area contributed by atoms with Crippen LogP contribution in [0, 0.1) is 0 Å². The maximum absolute atomic E-state index is 12.3. The van der Waals surface area contributed by atoms with Gasteiger partial charge in [-0.2, -0.15) is 0 Å². The summed E-state index contributed by atoms with van der Waals surface area (Å²) in [5.74, 6) is 0.689. The molecule has 0 unspecified atom stereocenters. The van der Waals surface area contributed by atoms with Crippen molar-refractivity contribution in [2.75, 3.05) is 7.11 Å². The monoisotopic (exact) mass is 362 g/mol. The number of ether oxygens (including phenoxy) is 1. The summed E-state index contributed by atoms with van der Waals surface area (Å²) < 4.78 is 5.19. The zero-order valence-corrected chi connectivity index (χ0v) is 16.9. The van der Waals surface area contributed by atoms with Gasteiger partial charge in [0.05, 0.1) is 12.7 Å². The number of benzene rings is 1. The standard InChI is InChI=1S/C23H38O3/c1-3-4-5-6-7-8-9-10-11-12-13-14-15-16-22(25)21-18-17-20(24)19-23(21)26-2/h17-19,24H,3-16H2,1-2H3. The van der Waals surface area contributed by atoms with Crippen LogP contribution in [-0.4, -0.2) is 18.0 Å². The first-order chi connectivity index (χ1) is 12.7. The van der Waals surface area contributed by atoms with Crippen molar-refractivity contribution >= 4 is 5.78 Å². The van der Waals surface area contributed by atoms with Crippen LogP contribution in [0.3, 0.4) is 0 Å². The molecule has 0 aliphatic rings. The minimum absolute atomic E-state index is 0.102. The molecule has 3 nitrogen and oxygen atoms in total. The fourth-order valence-electron chi connectivity index (χ4n) is 3.35. The van der Waals surface area contributed by atoms with E-state index in [-0.39, 0.29) is 11.5 Å². The Morgan fingerprint density at radius 3 is 1.85 bits per heavy atom. The summed E-state index contributed by atoms with van der Waals surface area (Å²) in [4.78, 5) is 12.3. The Kier molecular flexibility index (Phi) is 12.7. The van der Waals surface area contributed by atoms with Crippen molar-refractivity contribution in [3.05, 3.63) is 23.8 Å². The summed E-state index contributed by atoms with van der Waals surface area (Å²) in [5.41, 5.74) is 0.573. The zero-order valence-electron chi connectivity index (χ0n) is 16.9. The van der Waals surface area contributed by atoms with Gasteiger partial charge in [-0.05, 0) is 18.6 Å². The van der Waals surface area contributed by atoms with Gasteiger partial charge in [-0.25, -0.2) is 0 Å². The van der Waals surface area contributed by atoms with E-state index in [1.54, 1.807) is 12.1 Å². The smallest absolute Gasteiger partial charge is 0.166 e. The van der Waals surface area contributed by atoms with E-state index >= 15 is 0 Å². The van der Waals surface area contributed by atoms with Crippen molar-refractivity contribution < 1.29 is 14.6 Å². The second-order valence-corrected chi connectivity index (χ2v) is 7.30. The molecule has 0 saturated heterocycles. The first kappa shape index (κ1) is 22.5. The molecule has 3 heteroatoms. The molecule has 0 heterocycles. The molecule has 1 aromatic rings. The largest absolute Gasteiger partial charge is 0.508 e. The number of carbonyl (C=O) groups excluding carboxylic acids is 1. The van der Waals surface area contributed by atoms with E-state index in [1.807, 2.05) is 0 Å². The molecule has 0 bridgehead atoms. The molecule has 0 aromatic heterocycles. The number of unbranched alkanes of at least 4 members (excludes halogenated alkanes) is 12. The number of Topliss-reactive ketones (excluding diaryl/α,β-unsaturated/α-hetero) is 1. The van der Waals surface area contributed by atoms with Gasteiger partial charge in [0.15, 0.2) is 5.78 Å². The molecule has 26 heavy (non-hydrogen) atoms. The van der Waals surface area contributed by atoms with E-state index in [1.165, 1.54) is 83.8 Å². The van der Waals surface area contributed by atoms with Crippen molar-refractivity contribution in [1.82, 2.24) is 0 Å². The molecule has 1 rings (SSSR count). The van der Waals surface area contributed by atoms with Crippen molar-refractivity contribution in [3.8, 4) is 11.5 Å². The number of ketones is 1. The Labute approximate surface area is 160 Å². The first-order valence-corrected chi connectivity index (χ1v) is 10.6. The van der Waals surface area contributed by atoms with Gasteiger partial charge >= 0.3 is 0 Å². The lowest BCUT2D eigenvalue weighted by atomic mass is 10.0. The molecule has 0 aliphatic heterocycles. The molecule has 148 valence electrons. The van der Waals surface area contributed by atoms with E-state index in [4.69, 9.17) is 4.74 Å². The first-order valence-electron chi connectivity index (χ1n) is 10.6. The van der Waals surface area contributed by atoms with E-state index in [0.717, 1.165) is 12.8 Å². The molecular weight excluding hydrogens is 324 g/mol. The van der Waals surface area contributed by atoms with E-state index in [2.05, 4.69) is 6.92 Å². The predicted molar refractivity (Wildman–Crippen MR) is 109 cm³/mol. The van der Waals surface area contributed by atoms with Gasteiger partial charge in [-0.1, -0.05) is 84.0 Å². The van der Waals surface area contributed by atoms with Crippen LogP contribution in [-0.2, 0) is 0 Å². The highest BCUT2D eigenvalue weighted by Crippen LogP contribution is 2.25. The average Bonchev–Trinajstić information content (AvgIpc) is 2.65. The molecule has 0 aliphatic carbocycles. The van der Waals surface area contributed by atoms with Crippen molar-refractivity contribution in [2.45, 2.75) is 96.8 Å². The Hall–Kier alpha value is -1.51. The number of methoxy groups -OCH3 is 1. The number of rotatable bonds is 16. The van der Waals surface area contributed by atoms with Gasteiger partial charge < -0.3 is 9.84 Å². The van der Waals surface area contributed by atoms with Crippen LogP contribution in [0.1, 0.15) is 107 Å². The summed E-state index contributed by atoms with van der Waals surface area (Å²) in [6.07, 6.45) is 17.5. The third-order valence-electron chi connectivity index (χ3n) is 4.99. The Bertz CT molecular complexity index is 496. The number of carbonyl (C=O) groups is 1. The summed E-state index contributed by atoms with van der Waals surface area (Å²) in [7, 11) is 1.52. The fraction of sp³-hybridized carbons (Fsp3) is 0.696. The van der Waals surface area contributed by atoms with Gasteiger partial charge in [0.2, 0.25) is 0 Å². The normalized spacial score (nSPS) is 10.8. The topological polar surface area (TPSA) is 46.5 Å². The van der Waals surface area contributed by atoms with E-state index < -0.39 is 0 Å². The second kappa shape index (κ2) is 14.6. The molecular formula is C23H38O3. The number of hydrogen-bond donors (Lipinski definition) is 1. The van der Waals surface area contributed by atoms with Gasteiger partial charge in [0.25, 0.3) is 0 Å². The lowest BCUT2D eigenvalue weighted by Gasteiger charge is -2.08. The minimum atomic E-state index is 0.102. The summed E-state index contributed by atoms with van der Waals surface area (Å²) in [6.45, 7) is 2.26. The van der Waals surface area contributed by atoms with Crippen LogP contribution >= 0.6 is 0 Å². The average molecular weight is 363 g/mol. The number of phenols is 1.